The molecule has 2 bridgehead atoms. The van der Waals surface area contributed by atoms with Gasteiger partial charge in [-0.3, -0.25) is 9.59 Å². The normalized spacial score (nSPS) is 39.8. The van der Waals surface area contributed by atoms with Crippen LogP contribution in [0.2, 0.25) is 0 Å². The van der Waals surface area contributed by atoms with E-state index < -0.39 is 11.1 Å². The van der Waals surface area contributed by atoms with Gasteiger partial charge in [0.1, 0.15) is 25.7 Å². The number of hydrogen-bond donors (Lipinski definition) is 0. The van der Waals surface area contributed by atoms with E-state index in [1.807, 2.05) is 18.7 Å². The van der Waals surface area contributed by atoms with E-state index in [0.717, 1.165) is 17.3 Å². The highest BCUT2D eigenvalue weighted by Crippen LogP contribution is 2.56. The summed E-state index contributed by atoms with van der Waals surface area (Å²) in [6, 6.07) is 0.909. The van der Waals surface area contributed by atoms with Gasteiger partial charge in [-0.2, -0.15) is 0 Å². The molecule has 1 spiro atoms. The molecule has 3 unspecified atom stereocenters. The van der Waals surface area contributed by atoms with Crippen LogP contribution in [0.4, 0.5) is 0 Å². The lowest BCUT2D eigenvalue weighted by Gasteiger charge is -2.43. The Morgan fingerprint density at radius 2 is 1.83 bits per heavy atom. The second-order valence-corrected chi connectivity index (χ2v) is 8.88. The Labute approximate surface area is 137 Å². The second-order valence-electron chi connectivity index (χ2n) is 8.88. The van der Waals surface area contributed by atoms with Gasteiger partial charge in [0.15, 0.2) is 17.3 Å². The number of quaternary nitrogens is 1. The number of carbonyl (C=O) groups is 2. The zero-order valence-corrected chi connectivity index (χ0v) is 15.1. The molecule has 4 aliphatic rings. The van der Waals surface area contributed by atoms with Gasteiger partial charge in [-0.15, -0.1) is 0 Å². The lowest BCUT2D eigenvalue weighted by atomic mass is 9.74. The third-order valence-electron chi connectivity index (χ3n) is 6.98. The Morgan fingerprint density at radius 1 is 1.17 bits per heavy atom. The van der Waals surface area contributed by atoms with E-state index in [2.05, 4.69) is 32.8 Å². The molecule has 2 amide bonds. The van der Waals surface area contributed by atoms with E-state index in [9.17, 15) is 9.59 Å². The largest absolute Gasteiger partial charge is 0.311 e. The molecule has 0 aromatic heterocycles. The van der Waals surface area contributed by atoms with Gasteiger partial charge in [0.25, 0.3) is 5.91 Å². The fraction of sp³-hybridized carbons (Fsp3) is 0.824. The van der Waals surface area contributed by atoms with Crippen LogP contribution in [-0.4, -0.2) is 94.4 Å². The minimum absolute atomic E-state index is 0.107. The highest BCUT2D eigenvalue weighted by Gasteiger charge is 2.81. The molecular weight excluding hydrogens is 292 g/mol. The van der Waals surface area contributed by atoms with Gasteiger partial charge in [0, 0.05) is 12.8 Å². The summed E-state index contributed by atoms with van der Waals surface area (Å²) in [5.74, 6) is 0.235. The van der Waals surface area contributed by atoms with Crippen molar-refractivity contribution in [1.29, 1.82) is 0 Å². The summed E-state index contributed by atoms with van der Waals surface area (Å²) in [7, 11) is 8.61. The van der Waals surface area contributed by atoms with E-state index in [-0.39, 0.29) is 11.8 Å². The van der Waals surface area contributed by atoms with Crippen molar-refractivity contribution >= 4 is 17.5 Å². The van der Waals surface area contributed by atoms with Crippen molar-refractivity contribution < 1.29 is 18.6 Å². The first-order valence-corrected chi connectivity index (χ1v) is 8.55. The van der Waals surface area contributed by atoms with Gasteiger partial charge < -0.3 is 14.3 Å². The maximum Gasteiger partial charge on any atom is 0.250 e. The topological polar surface area (TPSA) is 43.6 Å². The number of likely N-dealkylation sites (N-methyl/N-ethyl adjacent to an activating group) is 1. The van der Waals surface area contributed by atoms with Crippen molar-refractivity contribution in [2.45, 2.75) is 56.3 Å². The van der Waals surface area contributed by atoms with E-state index in [0.29, 0.717) is 25.2 Å². The molecule has 1 aliphatic carbocycles. The lowest BCUT2D eigenvalue weighted by molar-refractivity contribution is -0.785. The highest BCUT2D eigenvalue weighted by atomic mass is 16.2. The molecule has 1 saturated carbocycles. The van der Waals surface area contributed by atoms with E-state index in [1.54, 1.807) is 4.90 Å². The van der Waals surface area contributed by atoms with Gasteiger partial charge >= 0.3 is 0 Å². The average molecular weight is 320 g/mol. The zero-order valence-electron chi connectivity index (χ0n) is 15.1. The van der Waals surface area contributed by atoms with E-state index in [4.69, 9.17) is 0 Å². The van der Waals surface area contributed by atoms with Crippen LogP contribution in [0.3, 0.4) is 0 Å². The molecule has 4 fully saturated rings. The standard InChI is InChI=1S/C17H28N4O2/c1-16(2)15(23)20-10-19(16)13(22)9-17(20)12(18(3)4)8-7-11-14(17)21(11,5)6/h11,14H,7-10H2,1-6H3/q+2. The molecule has 23 heavy (non-hydrogen) atoms. The maximum atomic E-state index is 13.2. The second kappa shape index (κ2) is 3.97. The van der Waals surface area contributed by atoms with Crippen molar-refractivity contribution in [2.75, 3.05) is 34.9 Å². The number of nitrogens with zero attached hydrogens (tertiary/aromatic N) is 4. The van der Waals surface area contributed by atoms with Gasteiger partial charge in [-0.25, -0.2) is 4.58 Å². The molecule has 0 radical (unpaired) electrons. The zero-order chi connectivity index (χ0) is 16.9. The summed E-state index contributed by atoms with van der Waals surface area (Å²) in [6.07, 6.45) is 2.57. The van der Waals surface area contributed by atoms with Crippen LogP contribution in [0.1, 0.15) is 33.1 Å². The third-order valence-corrected chi connectivity index (χ3v) is 6.98. The summed E-state index contributed by atoms with van der Waals surface area (Å²) in [5, 5.41) is 0. The van der Waals surface area contributed by atoms with Gasteiger partial charge in [0.05, 0.1) is 27.2 Å². The summed E-state index contributed by atoms with van der Waals surface area (Å²) in [4.78, 5) is 29.9. The Balaban J connectivity index is 1.92. The fourth-order valence-electron chi connectivity index (χ4n) is 5.76. The van der Waals surface area contributed by atoms with Crippen molar-refractivity contribution in [3.05, 3.63) is 0 Å². The summed E-state index contributed by atoms with van der Waals surface area (Å²) < 4.78 is 3.09. The molecule has 0 aromatic rings. The summed E-state index contributed by atoms with van der Waals surface area (Å²) in [5.41, 5.74) is 0.132. The Bertz CT molecular complexity index is 662. The van der Waals surface area contributed by atoms with Crippen molar-refractivity contribution in [1.82, 2.24) is 9.80 Å². The minimum atomic E-state index is -0.711. The minimum Gasteiger partial charge on any atom is -0.311 e. The molecule has 3 atom stereocenters. The number of rotatable bonds is 0. The van der Waals surface area contributed by atoms with Crippen LogP contribution in [0.25, 0.3) is 0 Å². The molecule has 3 saturated heterocycles. The average Bonchev–Trinajstić information content (AvgIpc) is 2.93. The SMILES string of the molecule is C[N+](C)=C1CCC2C(C13CC(=O)N1CN3C(=O)C1(C)C)[N+]2(C)C. The number of fused-ring (bicyclic) bond motifs is 5. The number of carbonyl (C=O) groups excluding carboxylic acids is 2. The van der Waals surface area contributed by atoms with Crippen molar-refractivity contribution in [3.63, 3.8) is 0 Å². The predicted molar refractivity (Wildman–Crippen MR) is 86.0 cm³/mol. The molecule has 3 heterocycles. The van der Waals surface area contributed by atoms with Crippen molar-refractivity contribution in [3.8, 4) is 0 Å². The molecule has 0 aromatic carbocycles. The molecule has 6 heteroatoms. The predicted octanol–water partition coefficient (Wildman–Crippen LogP) is -0.130. The van der Waals surface area contributed by atoms with Crippen LogP contribution in [0.15, 0.2) is 0 Å². The van der Waals surface area contributed by atoms with Crippen LogP contribution < -0.4 is 0 Å². The van der Waals surface area contributed by atoms with Crippen LogP contribution in [-0.2, 0) is 9.59 Å². The van der Waals surface area contributed by atoms with Crippen LogP contribution >= 0.6 is 0 Å². The van der Waals surface area contributed by atoms with Gasteiger partial charge in [-0.1, -0.05) is 0 Å². The number of hydrogen-bond acceptors (Lipinski definition) is 2. The Morgan fingerprint density at radius 3 is 2.43 bits per heavy atom. The highest BCUT2D eigenvalue weighted by molar-refractivity contribution is 6.06. The smallest absolute Gasteiger partial charge is 0.250 e. The van der Waals surface area contributed by atoms with Crippen molar-refractivity contribution in [2.24, 2.45) is 0 Å². The third kappa shape index (κ3) is 1.51. The molecule has 0 N–H and O–H groups in total. The van der Waals surface area contributed by atoms with Gasteiger partial charge in [-0.05, 0) is 13.8 Å². The quantitative estimate of drug-likeness (QED) is 0.355. The Kier molecular flexibility index (Phi) is 2.61. The summed E-state index contributed by atoms with van der Waals surface area (Å²) in [6.45, 7) is 4.22. The Hall–Kier alpha value is -1.43. The monoisotopic (exact) mass is 320 g/mol. The molecule has 126 valence electrons. The first-order chi connectivity index (χ1) is 10.6. The molecule has 3 aliphatic heterocycles. The number of likely N-dealkylation sites (tertiary alicyclic amines) is 1. The van der Waals surface area contributed by atoms with Crippen LogP contribution in [0.5, 0.6) is 0 Å². The van der Waals surface area contributed by atoms with E-state index >= 15 is 0 Å². The van der Waals surface area contributed by atoms with E-state index in [1.165, 1.54) is 5.71 Å². The van der Waals surface area contributed by atoms with Gasteiger partial charge in [0.2, 0.25) is 5.91 Å². The summed E-state index contributed by atoms with van der Waals surface area (Å²) >= 11 is 0. The lowest BCUT2D eigenvalue weighted by Crippen LogP contribution is -2.67. The van der Waals surface area contributed by atoms with Crippen LogP contribution in [0, 0.1) is 0 Å². The first kappa shape index (κ1) is 15.1. The maximum absolute atomic E-state index is 13.2. The molecule has 6 nitrogen and oxygen atoms in total. The number of amides is 2. The molecular formula is C17H28N4O2+2. The fourth-order valence-corrected chi connectivity index (χ4v) is 5.76. The first-order valence-electron chi connectivity index (χ1n) is 8.55. The molecule has 4 rings (SSSR count).